The Bertz CT molecular complexity index is 486. The van der Waals surface area contributed by atoms with E-state index >= 15 is 0 Å². The van der Waals surface area contributed by atoms with E-state index in [0.29, 0.717) is 25.6 Å². The van der Waals surface area contributed by atoms with Crippen LogP contribution in [0.4, 0.5) is 0 Å². The maximum Gasteiger partial charge on any atom is 0.211 e. The van der Waals surface area contributed by atoms with E-state index in [1.54, 1.807) is 12.4 Å². The summed E-state index contributed by atoms with van der Waals surface area (Å²) in [5.74, 6) is 0.145. The fourth-order valence-corrected chi connectivity index (χ4v) is 2.64. The van der Waals surface area contributed by atoms with Gasteiger partial charge in [-0.1, -0.05) is 13.8 Å². The average Bonchev–Trinajstić information content (AvgIpc) is 2.34. The molecule has 0 spiro atoms. The van der Waals surface area contributed by atoms with Crippen LogP contribution in [0.5, 0.6) is 0 Å². The topological polar surface area (TPSA) is 71.1 Å². The Morgan fingerprint density at radius 1 is 1.37 bits per heavy atom. The van der Waals surface area contributed by atoms with Crippen molar-refractivity contribution >= 4 is 10.0 Å². The number of hydrogen-bond donors (Lipinski definition) is 2. The molecule has 6 heteroatoms. The molecule has 2 N–H and O–H groups in total. The molecule has 0 amide bonds. The summed E-state index contributed by atoms with van der Waals surface area (Å²) in [5.41, 5.74) is 1.95. The monoisotopic (exact) mass is 285 g/mol. The third-order valence-corrected chi connectivity index (χ3v) is 4.18. The largest absolute Gasteiger partial charge is 0.314 e. The van der Waals surface area contributed by atoms with E-state index in [0.717, 1.165) is 11.1 Å². The average molecular weight is 285 g/mol. The van der Waals surface area contributed by atoms with E-state index in [-0.39, 0.29) is 5.75 Å². The van der Waals surface area contributed by atoms with Crippen LogP contribution >= 0.6 is 0 Å². The molecule has 0 radical (unpaired) electrons. The molecule has 1 aromatic heterocycles. The second-order valence-corrected chi connectivity index (χ2v) is 6.83. The maximum atomic E-state index is 11.8. The number of rotatable bonds is 8. The summed E-state index contributed by atoms with van der Waals surface area (Å²) in [6.45, 7) is 7.04. The number of aryl methyl sites for hydroxylation is 1. The van der Waals surface area contributed by atoms with Crippen molar-refractivity contribution in [2.45, 2.75) is 39.8 Å². The van der Waals surface area contributed by atoms with E-state index in [2.05, 4.69) is 15.0 Å². The first-order valence-electron chi connectivity index (χ1n) is 6.51. The molecule has 1 heterocycles. The summed E-state index contributed by atoms with van der Waals surface area (Å²) in [4.78, 5) is 4.00. The number of pyridine rings is 1. The van der Waals surface area contributed by atoms with Crippen molar-refractivity contribution in [3.05, 3.63) is 29.6 Å². The Morgan fingerprint density at radius 3 is 2.74 bits per heavy atom. The fraction of sp³-hybridized carbons (Fsp3) is 0.615. The first-order chi connectivity index (χ1) is 8.91. The van der Waals surface area contributed by atoms with Gasteiger partial charge < -0.3 is 5.32 Å². The van der Waals surface area contributed by atoms with Crippen molar-refractivity contribution in [1.82, 2.24) is 15.0 Å². The van der Waals surface area contributed by atoms with E-state index in [1.807, 2.05) is 26.8 Å². The van der Waals surface area contributed by atoms with Gasteiger partial charge in [0.25, 0.3) is 0 Å². The number of nitrogens with one attached hydrogen (secondary N) is 2. The highest BCUT2D eigenvalue weighted by Crippen LogP contribution is 2.05. The lowest BCUT2D eigenvalue weighted by molar-refractivity contribution is 0.560. The molecule has 1 aromatic rings. The van der Waals surface area contributed by atoms with Crippen molar-refractivity contribution in [2.24, 2.45) is 0 Å². The van der Waals surface area contributed by atoms with Crippen molar-refractivity contribution in [2.75, 3.05) is 12.3 Å². The first kappa shape index (κ1) is 16.1. The van der Waals surface area contributed by atoms with Gasteiger partial charge in [-0.05, 0) is 37.1 Å². The van der Waals surface area contributed by atoms with Crippen LogP contribution in [-0.2, 0) is 16.6 Å². The van der Waals surface area contributed by atoms with Gasteiger partial charge >= 0.3 is 0 Å². The SMILES string of the molecule is Cc1ccncc1CNS(=O)(=O)CCCNC(C)C. The minimum absolute atomic E-state index is 0.145. The number of hydrogen-bond acceptors (Lipinski definition) is 4. The van der Waals surface area contributed by atoms with Crippen molar-refractivity contribution < 1.29 is 8.42 Å². The maximum absolute atomic E-state index is 11.8. The van der Waals surface area contributed by atoms with Crippen LogP contribution in [-0.4, -0.2) is 31.7 Å². The zero-order valence-corrected chi connectivity index (χ0v) is 12.6. The van der Waals surface area contributed by atoms with Crippen molar-refractivity contribution in [1.29, 1.82) is 0 Å². The van der Waals surface area contributed by atoms with E-state index < -0.39 is 10.0 Å². The molecule has 0 saturated carbocycles. The van der Waals surface area contributed by atoms with Crippen LogP contribution in [0.2, 0.25) is 0 Å². The summed E-state index contributed by atoms with van der Waals surface area (Å²) in [6, 6.07) is 2.25. The molecule has 0 aliphatic rings. The second kappa shape index (κ2) is 7.57. The number of aromatic nitrogens is 1. The van der Waals surface area contributed by atoms with Gasteiger partial charge in [0.15, 0.2) is 0 Å². The standard InChI is InChI=1S/C13H23N3O2S/c1-11(2)15-6-4-8-19(17,18)16-10-13-9-14-7-5-12(13)3/h5,7,9,11,15-16H,4,6,8,10H2,1-3H3. The third kappa shape index (κ3) is 6.66. The Morgan fingerprint density at radius 2 is 2.11 bits per heavy atom. The molecule has 0 saturated heterocycles. The Balaban J connectivity index is 2.37. The third-order valence-electron chi connectivity index (χ3n) is 2.77. The zero-order chi connectivity index (χ0) is 14.3. The van der Waals surface area contributed by atoms with E-state index in [9.17, 15) is 8.42 Å². The van der Waals surface area contributed by atoms with Gasteiger partial charge in [0.05, 0.1) is 5.75 Å². The van der Waals surface area contributed by atoms with Crippen molar-refractivity contribution in [3.8, 4) is 0 Å². The molecule has 0 unspecified atom stereocenters. The minimum atomic E-state index is -3.21. The Kier molecular flexibility index (Phi) is 6.41. The van der Waals surface area contributed by atoms with Gasteiger partial charge in [0, 0.05) is 25.0 Å². The van der Waals surface area contributed by atoms with Crippen LogP contribution in [0.25, 0.3) is 0 Å². The van der Waals surface area contributed by atoms with Crippen LogP contribution in [0.1, 0.15) is 31.4 Å². The lowest BCUT2D eigenvalue weighted by Gasteiger charge is -2.10. The molecule has 0 fully saturated rings. The summed E-state index contributed by atoms with van der Waals surface area (Å²) in [5, 5.41) is 3.20. The highest BCUT2D eigenvalue weighted by Gasteiger charge is 2.10. The number of sulfonamides is 1. The molecular formula is C13H23N3O2S. The van der Waals surface area contributed by atoms with Crippen LogP contribution in [0, 0.1) is 6.92 Å². The fourth-order valence-electron chi connectivity index (χ4n) is 1.59. The predicted molar refractivity (Wildman–Crippen MR) is 77.4 cm³/mol. The molecule has 0 aliphatic heterocycles. The van der Waals surface area contributed by atoms with E-state index in [4.69, 9.17) is 0 Å². The smallest absolute Gasteiger partial charge is 0.211 e. The zero-order valence-electron chi connectivity index (χ0n) is 11.8. The molecule has 0 bridgehead atoms. The quantitative estimate of drug-likeness (QED) is 0.704. The van der Waals surface area contributed by atoms with Gasteiger partial charge in [0.1, 0.15) is 0 Å². The minimum Gasteiger partial charge on any atom is -0.314 e. The predicted octanol–water partition coefficient (Wildman–Crippen LogP) is 1.20. The lowest BCUT2D eigenvalue weighted by Crippen LogP contribution is -2.30. The molecule has 19 heavy (non-hydrogen) atoms. The first-order valence-corrected chi connectivity index (χ1v) is 8.16. The van der Waals surface area contributed by atoms with Crippen LogP contribution < -0.4 is 10.0 Å². The molecule has 1 rings (SSSR count). The lowest BCUT2D eigenvalue weighted by atomic mass is 10.2. The van der Waals surface area contributed by atoms with Crippen LogP contribution in [0.3, 0.4) is 0 Å². The van der Waals surface area contributed by atoms with E-state index in [1.165, 1.54) is 0 Å². The van der Waals surface area contributed by atoms with Gasteiger partial charge in [-0.2, -0.15) is 0 Å². The Labute approximate surface area is 115 Å². The summed E-state index contributed by atoms with van der Waals surface area (Å²) >= 11 is 0. The summed E-state index contributed by atoms with van der Waals surface area (Å²) in [6.07, 6.45) is 4.00. The van der Waals surface area contributed by atoms with Gasteiger partial charge in [-0.25, -0.2) is 13.1 Å². The molecule has 0 aromatic carbocycles. The second-order valence-electron chi connectivity index (χ2n) is 4.90. The summed E-state index contributed by atoms with van der Waals surface area (Å²) < 4.78 is 26.2. The van der Waals surface area contributed by atoms with Crippen LogP contribution in [0.15, 0.2) is 18.5 Å². The Hall–Kier alpha value is -0.980. The normalized spacial score (nSPS) is 12.0. The molecule has 5 nitrogen and oxygen atoms in total. The highest BCUT2D eigenvalue weighted by molar-refractivity contribution is 7.89. The highest BCUT2D eigenvalue weighted by atomic mass is 32.2. The molecular weight excluding hydrogens is 262 g/mol. The van der Waals surface area contributed by atoms with Gasteiger partial charge in [0.2, 0.25) is 10.0 Å². The molecule has 108 valence electrons. The van der Waals surface area contributed by atoms with Crippen molar-refractivity contribution in [3.63, 3.8) is 0 Å². The number of nitrogens with zero attached hydrogens (tertiary/aromatic N) is 1. The summed E-state index contributed by atoms with van der Waals surface area (Å²) in [7, 11) is -3.21. The molecule has 0 atom stereocenters. The molecule has 0 aliphatic carbocycles. The van der Waals surface area contributed by atoms with Gasteiger partial charge in [-0.3, -0.25) is 4.98 Å². The van der Waals surface area contributed by atoms with Gasteiger partial charge in [-0.15, -0.1) is 0 Å².